The third kappa shape index (κ3) is 3.85. The third-order valence-corrected chi connectivity index (χ3v) is 3.87. The number of para-hydroxylation sites is 1. The van der Waals surface area contributed by atoms with E-state index in [0.717, 1.165) is 32.1 Å². The van der Waals surface area contributed by atoms with Crippen molar-refractivity contribution in [3.05, 3.63) is 28.3 Å². The van der Waals surface area contributed by atoms with Gasteiger partial charge in [0.25, 0.3) is 0 Å². The maximum absolute atomic E-state index is 11.3. The Bertz CT molecular complexity index is 498. The molecule has 2 N–H and O–H groups in total. The molecule has 1 fully saturated rings. The largest absolute Gasteiger partial charge is 0.487 e. The van der Waals surface area contributed by atoms with E-state index in [9.17, 15) is 15.2 Å². The molecule has 0 spiro atoms. The van der Waals surface area contributed by atoms with Crippen LogP contribution in [0, 0.1) is 10.1 Å². The van der Waals surface area contributed by atoms with Crippen molar-refractivity contribution in [1.29, 1.82) is 0 Å². The lowest BCUT2D eigenvalue weighted by atomic mass is 9.85. The van der Waals surface area contributed by atoms with Gasteiger partial charge in [-0.05, 0) is 31.9 Å². The lowest BCUT2D eigenvalue weighted by molar-refractivity contribution is -0.384. The molecule has 1 aromatic rings. The first kappa shape index (κ1) is 15.6. The number of hydrogen-bond donors (Lipinski definition) is 2. The van der Waals surface area contributed by atoms with E-state index in [1.54, 1.807) is 25.1 Å². The summed E-state index contributed by atoms with van der Waals surface area (Å²) in [4.78, 5) is 10.8. The van der Waals surface area contributed by atoms with Crippen molar-refractivity contribution < 1.29 is 14.8 Å². The van der Waals surface area contributed by atoms with Crippen molar-refractivity contribution >= 4 is 11.4 Å². The molecule has 2 rings (SSSR count). The summed E-state index contributed by atoms with van der Waals surface area (Å²) < 4.78 is 5.31. The summed E-state index contributed by atoms with van der Waals surface area (Å²) in [6.45, 7) is 2.48. The van der Waals surface area contributed by atoms with Crippen molar-refractivity contribution in [2.45, 2.75) is 44.6 Å². The molecule has 0 bridgehead atoms. The smallest absolute Gasteiger partial charge is 0.333 e. The van der Waals surface area contributed by atoms with Crippen LogP contribution < -0.4 is 10.1 Å². The standard InChI is InChI=1S/C15H22N2O4/c1-2-21-13-8-6-7-12(14(13)17(19)20)16-11-15(18)9-4-3-5-10-15/h6-8,16,18H,2-5,9-11H2,1H3. The molecule has 0 heterocycles. The Labute approximate surface area is 124 Å². The van der Waals surface area contributed by atoms with Gasteiger partial charge in [0.05, 0.1) is 17.1 Å². The summed E-state index contributed by atoms with van der Waals surface area (Å²) in [5.74, 6) is 0.253. The minimum atomic E-state index is -0.770. The average molecular weight is 294 g/mol. The second kappa shape index (κ2) is 6.76. The van der Waals surface area contributed by atoms with Crippen LogP contribution in [0.1, 0.15) is 39.0 Å². The first-order valence-electron chi connectivity index (χ1n) is 7.42. The number of nitro groups is 1. The molecule has 116 valence electrons. The second-order valence-electron chi connectivity index (χ2n) is 5.48. The summed E-state index contributed by atoms with van der Waals surface area (Å²) in [5, 5.41) is 24.8. The summed E-state index contributed by atoms with van der Waals surface area (Å²) in [6.07, 6.45) is 4.61. The third-order valence-electron chi connectivity index (χ3n) is 3.87. The number of nitrogens with one attached hydrogen (secondary N) is 1. The van der Waals surface area contributed by atoms with Gasteiger partial charge >= 0.3 is 5.69 Å². The molecular formula is C15H22N2O4. The Hall–Kier alpha value is -1.82. The molecule has 0 saturated heterocycles. The van der Waals surface area contributed by atoms with Gasteiger partial charge in [0.1, 0.15) is 5.69 Å². The lowest BCUT2D eigenvalue weighted by Gasteiger charge is -2.32. The van der Waals surface area contributed by atoms with E-state index in [1.807, 2.05) is 0 Å². The number of nitro benzene ring substituents is 1. The van der Waals surface area contributed by atoms with Gasteiger partial charge in [-0.2, -0.15) is 0 Å². The van der Waals surface area contributed by atoms with Crippen molar-refractivity contribution in [2.75, 3.05) is 18.5 Å². The number of benzene rings is 1. The summed E-state index contributed by atoms with van der Waals surface area (Å²) in [7, 11) is 0. The predicted molar refractivity (Wildman–Crippen MR) is 80.8 cm³/mol. The minimum Gasteiger partial charge on any atom is -0.487 e. The molecule has 1 saturated carbocycles. The van der Waals surface area contributed by atoms with E-state index >= 15 is 0 Å². The number of rotatable bonds is 6. The van der Waals surface area contributed by atoms with Crippen LogP contribution >= 0.6 is 0 Å². The normalized spacial score (nSPS) is 17.2. The maximum Gasteiger partial charge on any atom is 0.333 e. The highest BCUT2D eigenvalue weighted by Crippen LogP contribution is 2.36. The molecule has 1 aromatic carbocycles. The average Bonchev–Trinajstić information content (AvgIpc) is 2.46. The fourth-order valence-electron chi connectivity index (χ4n) is 2.77. The Kier molecular flexibility index (Phi) is 5.01. The SMILES string of the molecule is CCOc1cccc(NCC2(O)CCCCC2)c1[N+](=O)[O-]. The van der Waals surface area contributed by atoms with Gasteiger partial charge in [-0.15, -0.1) is 0 Å². The summed E-state index contributed by atoms with van der Waals surface area (Å²) in [5.41, 5.74) is -0.447. The van der Waals surface area contributed by atoms with Gasteiger partial charge < -0.3 is 15.2 Å². The summed E-state index contributed by atoms with van der Waals surface area (Å²) in [6, 6.07) is 4.94. The van der Waals surface area contributed by atoms with Crippen molar-refractivity contribution in [2.24, 2.45) is 0 Å². The molecular weight excluding hydrogens is 272 g/mol. The Morgan fingerprint density at radius 3 is 2.71 bits per heavy atom. The van der Waals surface area contributed by atoms with E-state index in [2.05, 4.69) is 5.32 Å². The topological polar surface area (TPSA) is 84.6 Å². The van der Waals surface area contributed by atoms with Crippen LogP contribution in [-0.2, 0) is 0 Å². The molecule has 21 heavy (non-hydrogen) atoms. The fourth-order valence-corrected chi connectivity index (χ4v) is 2.77. The number of anilines is 1. The van der Waals surface area contributed by atoms with Crippen LogP contribution in [0.3, 0.4) is 0 Å². The van der Waals surface area contributed by atoms with E-state index in [-0.39, 0.29) is 11.4 Å². The van der Waals surface area contributed by atoms with Crippen molar-refractivity contribution in [3.63, 3.8) is 0 Å². The van der Waals surface area contributed by atoms with Crippen LogP contribution in [-0.4, -0.2) is 28.8 Å². The molecule has 6 heteroatoms. The number of hydrogen-bond acceptors (Lipinski definition) is 5. The highest BCUT2D eigenvalue weighted by molar-refractivity contribution is 5.68. The van der Waals surface area contributed by atoms with Crippen LogP contribution in [0.25, 0.3) is 0 Å². The number of aliphatic hydroxyl groups is 1. The van der Waals surface area contributed by atoms with Crippen LogP contribution in [0.15, 0.2) is 18.2 Å². The number of nitrogens with zero attached hydrogens (tertiary/aromatic N) is 1. The lowest BCUT2D eigenvalue weighted by Crippen LogP contribution is -2.38. The zero-order valence-corrected chi connectivity index (χ0v) is 12.3. The van der Waals surface area contributed by atoms with Crippen LogP contribution in [0.2, 0.25) is 0 Å². The van der Waals surface area contributed by atoms with Gasteiger partial charge in [-0.25, -0.2) is 0 Å². The molecule has 1 aliphatic carbocycles. The zero-order chi connectivity index (χ0) is 15.3. The van der Waals surface area contributed by atoms with E-state index in [4.69, 9.17) is 4.74 Å². The van der Waals surface area contributed by atoms with Crippen LogP contribution in [0.4, 0.5) is 11.4 Å². The second-order valence-corrected chi connectivity index (χ2v) is 5.48. The molecule has 0 radical (unpaired) electrons. The number of ether oxygens (including phenoxy) is 1. The van der Waals surface area contributed by atoms with Gasteiger partial charge in [-0.1, -0.05) is 25.3 Å². The summed E-state index contributed by atoms with van der Waals surface area (Å²) >= 11 is 0. The molecule has 0 amide bonds. The molecule has 0 atom stereocenters. The van der Waals surface area contributed by atoms with Gasteiger partial charge in [0, 0.05) is 6.54 Å². The molecule has 0 aliphatic heterocycles. The predicted octanol–water partition coefficient (Wildman–Crippen LogP) is 3.10. The van der Waals surface area contributed by atoms with E-state index < -0.39 is 10.5 Å². The zero-order valence-electron chi connectivity index (χ0n) is 12.3. The first-order valence-corrected chi connectivity index (χ1v) is 7.42. The first-order chi connectivity index (χ1) is 10.1. The highest BCUT2D eigenvalue weighted by atomic mass is 16.6. The maximum atomic E-state index is 11.3. The van der Waals surface area contributed by atoms with Crippen LogP contribution in [0.5, 0.6) is 5.75 Å². The van der Waals surface area contributed by atoms with Crippen molar-refractivity contribution in [3.8, 4) is 5.75 Å². The Morgan fingerprint density at radius 2 is 2.10 bits per heavy atom. The molecule has 0 aromatic heterocycles. The van der Waals surface area contributed by atoms with Gasteiger partial charge in [0.15, 0.2) is 5.75 Å². The monoisotopic (exact) mass is 294 g/mol. The quantitative estimate of drug-likeness (QED) is 0.622. The van der Waals surface area contributed by atoms with Gasteiger partial charge in [-0.3, -0.25) is 10.1 Å². The molecule has 6 nitrogen and oxygen atoms in total. The van der Waals surface area contributed by atoms with Gasteiger partial charge in [0.2, 0.25) is 0 Å². The van der Waals surface area contributed by atoms with Crippen molar-refractivity contribution in [1.82, 2.24) is 0 Å². The Balaban J connectivity index is 2.15. The molecule has 0 unspecified atom stereocenters. The van der Waals surface area contributed by atoms with E-state index in [0.29, 0.717) is 18.8 Å². The minimum absolute atomic E-state index is 0.0706. The fraction of sp³-hybridized carbons (Fsp3) is 0.600. The molecule has 1 aliphatic rings. The van der Waals surface area contributed by atoms with E-state index in [1.165, 1.54) is 0 Å². The Morgan fingerprint density at radius 1 is 1.38 bits per heavy atom. The highest BCUT2D eigenvalue weighted by Gasteiger charge is 2.30.